The predicted molar refractivity (Wildman–Crippen MR) is 69.4 cm³/mol. The summed E-state index contributed by atoms with van der Waals surface area (Å²) in [5.41, 5.74) is 4.95. The molecule has 3 nitrogen and oxygen atoms in total. The molecular weight excluding hydrogens is 212 g/mol. The highest BCUT2D eigenvalue weighted by atomic mass is 16.5. The molecular formula is C14H20N2O. The Balaban J connectivity index is 2.90. The fourth-order valence-corrected chi connectivity index (χ4v) is 2.05. The van der Waals surface area contributed by atoms with Crippen LogP contribution in [0.3, 0.4) is 0 Å². The number of benzene rings is 1. The van der Waals surface area contributed by atoms with Crippen LogP contribution in [0.15, 0.2) is 6.07 Å². The van der Waals surface area contributed by atoms with Crippen molar-refractivity contribution in [2.75, 3.05) is 20.2 Å². The molecule has 0 aliphatic carbocycles. The van der Waals surface area contributed by atoms with Gasteiger partial charge in [-0.1, -0.05) is 6.07 Å². The Morgan fingerprint density at radius 1 is 1.29 bits per heavy atom. The number of nitriles is 1. The summed E-state index contributed by atoms with van der Waals surface area (Å²) in [5.74, 6) is 0.987. The number of rotatable bonds is 5. The average Bonchev–Trinajstić information content (AvgIpc) is 2.31. The molecule has 0 radical (unpaired) electrons. The lowest BCUT2D eigenvalue weighted by molar-refractivity contribution is 0.405. The molecule has 0 saturated heterocycles. The van der Waals surface area contributed by atoms with Crippen molar-refractivity contribution in [2.45, 2.75) is 27.2 Å². The third-order valence-corrected chi connectivity index (χ3v) is 3.08. The molecule has 1 rings (SSSR count). The van der Waals surface area contributed by atoms with Crippen molar-refractivity contribution in [3.63, 3.8) is 0 Å². The SMILES string of the molecule is COc1c(C)c(C)cc(C)c1CCNCC#N. The van der Waals surface area contributed by atoms with Crippen LogP contribution in [0, 0.1) is 32.1 Å². The molecule has 1 aromatic rings. The molecule has 0 fully saturated rings. The lowest BCUT2D eigenvalue weighted by Gasteiger charge is -2.16. The zero-order valence-electron chi connectivity index (χ0n) is 11.1. The smallest absolute Gasteiger partial charge is 0.125 e. The van der Waals surface area contributed by atoms with Crippen LogP contribution < -0.4 is 10.1 Å². The molecule has 1 N–H and O–H groups in total. The van der Waals surface area contributed by atoms with E-state index in [4.69, 9.17) is 10.00 Å². The van der Waals surface area contributed by atoms with Crippen molar-refractivity contribution in [1.82, 2.24) is 5.32 Å². The molecule has 0 bridgehead atoms. The van der Waals surface area contributed by atoms with Crippen molar-refractivity contribution >= 4 is 0 Å². The Labute approximate surface area is 103 Å². The summed E-state index contributed by atoms with van der Waals surface area (Å²) in [6.45, 7) is 7.48. The summed E-state index contributed by atoms with van der Waals surface area (Å²) < 4.78 is 5.50. The van der Waals surface area contributed by atoms with E-state index < -0.39 is 0 Å². The van der Waals surface area contributed by atoms with E-state index in [0.717, 1.165) is 18.7 Å². The Bertz CT molecular complexity index is 433. The molecule has 17 heavy (non-hydrogen) atoms. The maximum atomic E-state index is 8.46. The largest absolute Gasteiger partial charge is 0.496 e. The van der Waals surface area contributed by atoms with Gasteiger partial charge in [-0.15, -0.1) is 0 Å². The Hall–Kier alpha value is -1.53. The van der Waals surface area contributed by atoms with Crippen LogP contribution in [0.2, 0.25) is 0 Å². The first-order valence-corrected chi connectivity index (χ1v) is 5.83. The number of ether oxygens (including phenoxy) is 1. The molecule has 0 aliphatic rings. The van der Waals surface area contributed by atoms with E-state index in [2.05, 4.69) is 38.2 Å². The number of hydrogen-bond acceptors (Lipinski definition) is 3. The number of hydrogen-bond donors (Lipinski definition) is 1. The van der Waals surface area contributed by atoms with Crippen LogP contribution in [0.25, 0.3) is 0 Å². The minimum absolute atomic E-state index is 0.395. The van der Waals surface area contributed by atoms with Crippen LogP contribution in [-0.4, -0.2) is 20.2 Å². The lowest BCUT2D eigenvalue weighted by atomic mass is 9.97. The number of nitrogens with one attached hydrogen (secondary N) is 1. The van der Waals surface area contributed by atoms with E-state index >= 15 is 0 Å². The quantitative estimate of drug-likeness (QED) is 0.625. The molecule has 3 heteroatoms. The van der Waals surface area contributed by atoms with Gasteiger partial charge in [-0.3, -0.25) is 0 Å². The van der Waals surface area contributed by atoms with E-state index in [0.29, 0.717) is 6.54 Å². The van der Waals surface area contributed by atoms with E-state index in [1.54, 1.807) is 7.11 Å². The fraction of sp³-hybridized carbons (Fsp3) is 0.500. The van der Waals surface area contributed by atoms with E-state index in [1.165, 1.54) is 22.3 Å². The zero-order chi connectivity index (χ0) is 12.8. The summed E-state index contributed by atoms with van der Waals surface area (Å²) in [5, 5.41) is 11.5. The third-order valence-electron chi connectivity index (χ3n) is 3.08. The van der Waals surface area contributed by atoms with Crippen LogP contribution >= 0.6 is 0 Å². The van der Waals surface area contributed by atoms with Gasteiger partial charge in [0.15, 0.2) is 0 Å². The molecule has 0 unspecified atom stereocenters. The molecule has 0 aliphatic heterocycles. The van der Waals surface area contributed by atoms with Crippen LogP contribution in [0.5, 0.6) is 5.75 Å². The first-order chi connectivity index (χ1) is 8.11. The summed E-state index contributed by atoms with van der Waals surface area (Å²) in [4.78, 5) is 0. The standard InChI is InChI=1S/C14H20N2O/c1-10-9-11(2)13(5-7-16-8-6-15)14(17-4)12(10)3/h9,16H,5,7-8H2,1-4H3. The minimum atomic E-state index is 0.395. The second kappa shape index (κ2) is 6.27. The van der Waals surface area contributed by atoms with E-state index in [-0.39, 0.29) is 0 Å². The molecule has 0 saturated carbocycles. The molecule has 0 atom stereocenters. The van der Waals surface area contributed by atoms with Gasteiger partial charge >= 0.3 is 0 Å². The normalized spacial score (nSPS) is 10.1. The Morgan fingerprint density at radius 2 is 2.00 bits per heavy atom. The maximum absolute atomic E-state index is 8.46. The first kappa shape index (κ1) is 13.5. The second-order valence-electron chi connectivity index (χ2n) is 4.23. The predicted octanol–water partition coefficient (Wildman–Crippen LogP) is 2.28. The van der Waals surface area contributed by atoms with Gasteiger partial charge in [-0.2, -0.15) is 5.26 Å². The fourth-order valence-electron chi connectivity index (χ4n) is 2.05. The zero-order valence-corrected chi connectivity index (χ0v) is 11.1. The second-order valence-corrected chi connectivity index (χ2v) is 4.23. The van der Waals surface area contributed by atoms with Gasteiger partial charge in [0.2, 0.25) is 0 Å². The Kier molecular flexibility index (Phi) is 4.99. The van der Waals surface area contributed by atoms with Crippen LogP contribution in [0.4, 0.5) is 0 Å². The molecule has 0 amide bonds. The Morgan fingerprint density at radius 3 is 2.59 bits per heavy atom. The maximum Gasteiger partial charge on any atom is 0.125 e. The van der Waals surface area contributed by atoms with Gasteiger partial charge in [0, 0.05) is 6.54 Å². The summed E-state index contributed by atoms with van der Waals surface area (Å²) in [6.07, 6.45) is 0.887. The molecule has 0 aromatic heterocycles. The lowest BCUT2D eigenvalue weighted by Crippen LogP contribution is -2.18. The van der Waals surface area contributed by atoms with Gasteiger partial charge < -0.3 is 10.1 Å². The van der Waals surface area contributed by atoms with Gasteiger partial charge in [-0.25, -0.2) is 0 Å². The van der Waals surface area contributed by atoms with Gasteiger partial charge in [0.05, 0.1) is 19.7 Å². The van der Waals surface area contributed by atoms with Crippen molar-refractivity contribution in [2.24, 2.45) is 0 Å². The summed E-state index contributed by atoms with van der Waals surface area (Å²) in [6, 6.07) is 4.27. The molecule has 0 heterocycles. The molecule has 0 spiro atoms. The summed E-state index contributed by atoms with van der Waals surface area (Å²) in [7, 11) is 1.72. The summed E-state index contributed by atoms with van der Waals surface area (Å²) >= 11 is 0. The van der Waals surface area contributed by atoms with Gasteiger partial charge in [0.1, 0.15) is 5.75 Å². The van der Waals surface area contributed by atoms with Crippen molar-refractivity contribution in [3.05, 3.63) is 28.3 Å². The van der Waals surface area contributed by atoms with Crippen molar-refractivity contribution in [1.29, 1.82) is 5.26 Å². The molecule has 92 valence electrons. The number of methoxy groups -OCH3 is 1. The average molecular weight is 232 g/mol. The van der Waals surface area contributed by atoms with Gasteiger partial charge in [0.25, 0.3) is 0 Å². The number of aryl methyl sites for hydroxylation is 2. The topological polar surface area (TPSA) is 45.0 Å². The molecule has 1 aromatic carbocycles. The first-order valence-electron chi connectivity index (χ1n) is 5.83. The highest BCUT2D eigenvalue weighted by Gasteiger charge is 2.11. The van der Waals surface area contributed by atoms with E-state index in [1.807, 2.05) is 0 Å². The monoisotopic (exact) mass is 232 g/mol. The highest BCUT2D eigenvalue weighted by molar-refractivity contribution is 5.49. The van der Waals surface area contributed by atoms with Crippen molar-refractivity contribution < 1.29 is 4.74 Å². The third kappa shape index (κ3) is 3.21. The highest BCUT2D eigenvalue weighted by Crippen LogP contribution is 2.29. The van der Waals surface area contributed by atoms with Gasteiger partial charge in [-0.05, 0) is 49.4 Å². The van der Waals surface area contributed by atoms with Crippen molar-refractivity contribution in [3.8, 4) is 11.8 Å². The van der Waals surface area contributed by atoms with Crippen LogP contribution in [-0.2, 0) is 6.42 Å². The van der Waals surface area contributed by atoms with E-state index in [9.17, 15) is 0 Å². The van der Waals surface area contributed by atoms with Crippen LogP contribution in [0.1, 0.15) is 22.3 Å². The number of nitrogens with zero attached hydrogens (tertiary/aromatic N) is 1. The minimum Gasteiger partial charge on any atom is -0.496 e.